The maximum absolute atomic E-state index is 13.3. The summed E-state index contributed by atoms with van der Waals surface area (Å²) in [5.41, 5.74) is 2.78. The van der Waals surface area contributed by atoms with Crippen molar-refractivity contribution in [2.45, 2.75) is 44.8 Å². The zero-order valence-electron chi connectivity index (χ0n) is 19.9. The van der Waals surface area contributed by atoms with Gasteiger partial charge in [-0.2, -0.15) is 0 Å². The second kappa shape index (κ2) is 10.5. The second-order valence-electron chi connectivity index (χ2n) is 9.30. The van der Waals surface area contributed by atoms with Crippen molar-refractivity contribution in [3.8, 4) is 0 Å². The molecule has 1 aliphatic heterocycles. The highest BCUT2D eigenvalue weighted by Gasteiger charge is 2.28. The van der Waals surface area contributed by atoms with Gasteiger partial charge < -0.3 is 25.1 Å². The number of H-pyrrole nitrogens is 1. The van der Waals surface area contributed by atoms with Crippen molar-refractivity contribution in [2.24, 2.45) is 5.92 Å². The number of aryl methyl sites for hydroxylation is 1. The van der Waals surface area contributed by atoms with Crippen molar-refractivity contribution < 1.29 is 19.1 Å². The van der Waals surface area contributed by atoms with Gasteiger partial charge in [-0.05, 0) is 38.2 Å². The molecule has 1 saturated carbocycles. The van der Waals surface area contributed by atoms with Crippen LogP contribution in [-0.2, 0) is 14.3 Å². The maximum Gasteiger partial charge on any atom is 0.223 e. The van der Waals surface area contributed by atoms with Gasteiger partial charge in [-0.15, -0.1) is 0 Å². The number of amides is 1. The third-order valence-electron chi connectivity index (χ3n) is 6.93. The van der Waals surface area contributed by atoms with Crippen LogP contribution in [0.25, 0.3) is 11.0 Å². The monoisotopic (exact) mass is 477 g/mol. The van der Waals surface area contributed by atoms with Crippen LogP contribution in [0.3, 0.4) is 0 Å². The predicted octanol–water partition coefficient (Wildman–Crippen LogP) is 3.00. The van der Waals surface area contributed by atoms with E-state index < -0.39 is 0 Å². The van der Waals surface area contributed by atoms with E-state index in [-0.39, 0.29) is 29.8 Å². The smallest absolute Gasteiger partial charge is 0.223 e. The zero-order valence-corrected chi connectivity index (χ0v) is 19.9. The highest BCUT2D eigenvalue weighted by molar-refractivity contribution is 6.18. The van der Waals surface area contributed by atoms with Crippen LogP contribution >= 0.6 is 0 Å². The number of ketones is 1. The van der Waals surface area contributed by atoms with Gasteiger partial charge in [0, 0.05) is 30.3 Å². The first-order valence-corrected chi connectivity index (χ1v) is 12.3. The van der Waals surface area contributed by atoms with E-state index in [1.165, 1.54) is 6.33 Å². The fraction of sp³-hybridized carbons (Fsp3) is 0.462. The van der Waals surface area contributed by atoms with E-state index in [9.17, 15) is 9.59 Å². The van der Waals surface area contributed by atoms with Crippen LogP contribution in [0.15, 0.2) is 36.8 Å². The fourth-order valence-electron chi connectivity index (χ4n) is 4.93. The summed E-state index contributed by atoms with van der Waals surface area (Å²) in [5, 5.41) is 7.25. The van der Waals surface area contributed by atoms with E-state index in [4.69, 9.17) is 9.47 Å². The molecule has 0 spiro atoms. The topological polar surface area (TPSA) is 118 Å². The molecule has 1 aliphatic carbocycles. The van der Waals surface area contributed by atoms with Crippen LogP contribution in [0.5, 0.6) is 0 Å². The molecule has 2 aliphatic rings. The van der Waals surface area contributed by atoms with Gasteiger partial charge in [0.05, 0.1) is 36.9 Å². The zero-order chi connectivity index (χ0) is 24.2. The molecule has 1 saturated heterocycles. The number of carbonyl (C=O) groups is 2. The van der Waals surface area contributed by atoms with Crippen LogP contribution in [0, 0.1) is 12.8 Å². The molecule has 0 radical (unpaired) electrons. The molecular formula is C26H31N5O4. The van der Waals surface area contributed by atoms with Crippen molar-refractivity contribution >= 4 is 28.5 Å². The first-order chi connectivity index (χ1) is 17.1. The number of rotatable bonds is 7. The number of anilines is 1. The molecule has 35 heavy (non-hydrogen) atoms. The number of fused-ring (bicyclic) bond motifs is 1. The highest BCUT2D eigenvalue weighted by atomic mass is 16.6. The predicted molar refractivity (Wildman–Crippen MR) is 131 cm³/mol. The van der Waals surface area contributed by atoms with Crippen LogP contribution in [0.4, 0.5) is 5.82 Å². The Morgan fingerprint density at radius 1 is 1.09 bits per heavy atom. The lowest BCUT2D eigenvalue weighted by Gasteiger charge is -2.29. The molecule has 9 heteroatoms. The molecule has 184 valence electrons. The number of aromatic nitrogens is 3. The Hall–Kier alpha value is -3.30. The first kappa shape index (κ1) is 23.4. The van der Waals surface area contributed by atoms with Gasteiger partial charge in [0.25, 0.3) is 0 Å². The molecule has 2 fully saturated rings. The van der Waals surface area contributed by atoms with Crippen LogP contribution in [0.2, 0.25) is 0 Å². The average molecular weight is 478 g/mol. The van der Waals surface area contributed by atoms with Gasteiger partial charge in [-0.1, -0.05) is 24.3 Å². The molecule has 3 heterocycles. The summed E-state index contributed by atoms with van der Waals surface area (Å²) in [6.07, 6.45) is 6.42. The quantitative estimate of drug-likeness (QED) is 0.448. The third kappa shape index (κ3) is 5.21. The Morgan fingerprint density at radius 3 is 2.69 bits per heavy atom. The normalized spacial score (nSPS) is 22.6. The molecule has 3 N–H and O–H groups in total. The molecular weight excluding hydrogens is 446 g/mol. The van der Waals surface area contributed by atoms with Crippen LogP contribution in [-0.4, -0.2) is 65.2 Å². The van der Waals surface area contributed by atoms with Gasteiger partial charge >= 0.3 is 0 Å². The fourth-order valence-corrected chi connectivity index (χ4v) is 4.93. The number of nitrogens with one attached hydrogen (secondary N) is 3. The number of carbonyl (C=O) groups excluding carboxylic acids is 2. The lowest BCUT2D eigenvalue weighted by atomic mass is 9.85. The minimum absolute atomic E-state index is 0.00608. The van der Waals surface area contributed by atoms with Crippen molar-refractivity contribution in [2.75, 3.05) is 31.7 Å². The van der Waals surface area contributed by atoms with Crippen LogP contribution in [0.1, 0.15) is 47.2 Å². The van der Waals surface area contributed by atoms with Gasteiger partial charge in [-0.25, -0.2) is 9.97 Å². The summed E-state index contributed by atoms with van der Waals surface area (Å²) in [6.45, 7) is 4.14. The van der Waals surface area contributed by atoms with Gasteiger partial charge in [0.15, 0.2) is 5.78 Å². The third-order valence-corrected chi connectivity index (χ3v) is 6.93. The van der Waals surface area contributed by atoms with Gasteiger partial charge in [0.1, 0.15) is 17.8 Å². The molecule has 0 bridgehead atoms. The number of benzene rings is 1. The molecule has 3 aromatic rings. The van der Waals surface area contributed by atoms with Crippen molar-refractivity contribution in [1.82, 2.24) is 20.3 Å². The van der Waals surface area contributed by atoms with Gasteiger partial charge in [-0.3, -0.25) is 9.59 Å². The molecule has 1 amide bonds. The Labute approximate surface area is 204 Å². The number of nitrogens with zero attached hydrogens (tertiary/aromatic N) is 2. The number of aromatic amines is 1. The van der Waals surface area contributed by atoms with E-state index in [1.807, 2.05) is 31.2 Å². The molecule has 0 unspecified atom stereocenters. The van der Waals surface area contributed by atoms with Crippen molar-refractivity contribution in [1.29, 1.82) is 0 Å². The van der Waals surface area contributed by atoms with E-state index in [0.29, 0.717) is 54.3 Å². The highest BCUT2D eigenvalue weighted by Crippen LogP contribution is 2.31. The molecule has 1 aromatic carbocycles. The van der Waals surface area contributed by atoms with Crippen molar-refractivity contribution in [3.05, 3.63) is 53.5 Å². The summed E-state index contributed by atoms with van der Waals surface area (Å²) >= 11 is 0. The minimum atomic E-state index is -0.0659. The summed E-state index contributed by atoms with van der Waals surface area (Å²) in [6, 6.07) is 7.74. The average Bonchev–Trinajstić information content (AvgIpc) is 3.33. The summed E-state index contributed by atoms with van der Waals surface area (Å²) in [7, 11) is 0. The largest absolute Gasteiger partial charge is 0.376 e. The minimum Gasteiger partial charge on any atom is -0.376 e. The first-order valence-electron chi connectivity index (χ1n) is 12.3. The summed E-state index contributed by atoms with van der Waals surface area (Å²) < 4.78 is 11.0. The Kier molecular flexibility index (Phi) is 7.06. The summed E-state index contributed by atoms with van der Waals surface area (Å²) in [4.78, 5) is 37.9. The molecule has 5 rings (SSSR count). The Bertz CT molecular complexity index is 1200. The standard InChI is InChI=1S/C26H31N5O4/c1-16-4-2-3-5-20(16)23(32)21-13-27-24-22(21)25(30-15-29-24)31-18-8-6-17(7-9-18)26(33)28-12-19-14-34-10-11-35-19/h2-5,13,15,17-19H,6-12,14H2,1H3,(H,28,33)(H2,27,29,30,31)/t17?,18?,19-/m0/s1. The lowest BCUT2D eigenvalue weighted by molar-refractivity contribution is -0.128. The van der Waals surface area contributed by atoms with Crippen molar-refractivity contribution in [3.63, 3.8) is 0 Å². The maximum atomic E-state index is 13.3. The van der Waals surface area contributed by atoms with E-state index in [1.54, 1.807) is 6.20 Å². The Morgan fingerprint density at radius 2 is 1.91 bits per heavy atom. The SMILES string of the molecule is Cc1ccccc1C(=O)c1c[nH]c2ncnc(NC3CCC(C(=O)NC[C@H]4COCCO4)CC3)c12. The number of hydrogen-bond acceptors (Lipinski definition) is 7. The van der Waals surface area contributed by atoms with E-state index >= 15 is 0 Å². The number of hydrogen-bond donors (Lipinski definition) is 3. The molecule has 2 aromatic heterocycles. The van der Waals surface area contributed by atoms with E-state index in [0.717, 1.165) is 31.2 Å². The summed E-state index contributed by atoms with van der Waals surface area (Å²) in [5.74, 6) is 0.669. The Balaban J connectivity index is 1.23. The lowest BCUT2D eigenvalue weighted by Crippen LogP contribution is -2.43. The van der Waals surface area contributed by atoms with E-state index in [2.05, 4.69) is 25.6 Å². The molecule has 9 nitrogen and oxygen atoms in total. The molecule has 1 atom stereocenters. The van der Waals surface area contributed by atoms with Gasteiger partial charge in [0.2, 0.25) is 5.91 Å². The second-order valence-corrected chi connectivity index (χ2v) is 9.30. The number of ether oxygens (including phenoxy) is 2. The van der Waals surface area contributed by atoms with Crippen LogP contribution < -0.4 is 10.6 Å².